The van der Waals surface area contributed by atoms with Crippen LogP contribution in [-0.4, -0.2) is 42.0 Å². The van der Waals surface area contributed by atoms with E-state index in [-0.39, 0.29) is 23.5 Å². The van der Waals surface area contributed by atoms with E-state index < -0.39 is 0 Å². The van der Waals surface area contributed by atoms with Crippen LogP contribution in [0, 0.1) is 5.41 Å². The molecule has 2 unspecified atom stereocenters. The molecule has 0 aromatic carbocycles. The number of hydrogen-bond donors (Lipinski definition) is 0. The summed E-state index contributed by atoms with van der Waals surface area (Å²) in [5, 5.41) is 0. The summed E-state index contributed by atoms with van der Waals surface area (Å²) in [7, 11) is 3.89. The number of carbonyl (C=O) groups excluding carboxylic acids is 1. The van der Waals surface area contributed by atoms with Crippen LogP contribution < -0.4 is 0 Å². The normalized spacial score (nSPS) is 31.5. The predicted octanol–water partition coefficient (Wildman–Crippen LogP) is 1.15. The van der Waals surface area contributed by atoms with Crippen LogP contribution in [-0.2, 0) is 4.79 Å². The van der Waals surface area contributed by atoms with Crippen LogP contribution in [0.1, 0.15) is 27.7 Å². The number of likely N-dealkylation sites (N-methyl/N-ethyl adjacent to an activating group) is 2. The van der Waals surface area contributed by atoms with Crippen LogP contribution in [0.15, 0.2) is 0 Å². The fraction of sp³-hybridized carbons (Fsp3) is 0.900. The molecule has 0 saturated carbocycles. The van der Waals surface area contributed by atoms with Crippen molar-refractivity contribution in [2.75, 3.05) is 14.1 Å². The molecule has 0 spiro atoms. The Morgan fingerprint density at radius 2 is 1.69 bits per heavy atom. The van der Waals surface area contributed by atoms with Crippen LogP contribution in [0.5, 0.6) is 0 Å². The van der Waals surface area contributed by atoms with Crippen molar-refractivity contribution in [3.05, 3.63) is 0 Å². The Labute approximate surface area is 80.7 Å². The molecule has 1 heterocycles. The lowest BCUT2D eigenvalue weighted by atomic mass is 9.86. The zero-order chi connectivity index (χ0) is 10.4. The van der Waals surface area contributed by atoms with Crippen LogP contribution in [0.4, 0.5) is 0 Å². The number of amides is 1. The van der Waals surface area contributed by atoms with Gasteiger partial charge >= 0.3 is 0 Å². The highest BCUT2D eigenvalue weighted by atomic mass is 16.2. The van der Waals surface area contributed by atoms with Crippen LogP contribution in [0.2, 0.25) is 0 Å². The molecule has 76 valence electrons. The smallest absolute Gasteiger partial charge is 0.241 e. The lowest BCUT2D eigenvalue weighted by Crippen LogP contribution is -2.42. The van der Waals surface area contributed by atoms with Crippen LogP contribution in [0.25, 0.3) is 0 Å². The first-order chi connectivity index (χ1) is 5.76. The van der Waals surface area contributed by atoms with Crippen molar-refractivity contribution in [3.8, 4) is 0 Å². The molecule has 1 aliphatic rings. The lowest BCUT2D eigenvalue weighted by Gasteiger charge is -2.31. The maximum absolute atomic E-state index is 11.9. The van der Waals surface area contributed by atoms with Gasteiger partial charge in [-0.3, -0.25) is 9.69 Å². The molecule has 0 aromatic heterocycles. The van der Waals surface area contributed by atoms with Gasteiger partial charge in [0.1, 0.15) is 0 Å². The summed E-state index contributed by atoms with van der Waals surface area (Å²) in [6.07, 6.45) is 0.219. The monoisotopic (exact) mass is 184 g/mol. The molecule has 1 aliphatic heterocycles. The van der Waals surface area contributed by atoms with E-state index in [9.17, 15) is 4.79 Å². The molecule has 0 aromatic rings. The second-order valence-electron chi connectivity index (χ2n) is 5.02. The number of hydrogen-bond acceptors (Lipinski definition) is 2. The largest absolute Gasteiger partial charge is 0.329 e. The fourth-order valence-electron chi connectivity index (χ4n) is 2.02. The van der Waals surface area contributed by atoms with Crippen molar-refractivity contribution in [3.63, 3.8) is 0 Å². The Morgan fingerprint density at radius 3 is 1.85 bits per heavy atom. The van der Waals surface area contributed by atoms with E-state index in [0.29, 0.717) is 0 Å². The zero-order valence-corrected chi connectivity index (χ0v) is 9.46. The molecule has 1 saturated heterocycles. The highest BCUT2D eigenvalue weighted by Crippen LogP contribution is 2.31. The van der Waals surface area contributed by atoms with E-state index in [0.717, 1.165) is 0 Å². The summed E-state index contributed by atoms with van der Waals surface area (Å²) in [6, 6.07) is 0.0208. The third kappa shape index (κ3) is 1.57. The first-order valence-electron chi connectivity index (χ1n) is 4.75. The van der Waals surface area contributed by atoms with E-state index in [2.05, 4.69) is 32.6 Å². The molecule has 0 aliphatic carbocycles. The standard InChI is InChI=1S/C10H20N2O/c1-7-11(5)8(10(2,3)4)9(13)12(7)6/h7-8H,1-6H3. The van der Waals surface area contributed by atoms with E-state index in [1.165, 1.54) is 0 Å². The van der Waals surface area contributed by atoms with Gasteiger partial charge < -0.3 is 4.90 Å². The molecule has 0 radical (unpaired) electrons. The molecule has 1 amide bonds. The van der Waals surface area contributed by atoms with Crippen molar-refractivity contribution in [1.82, 2.24) is 9.80 Å². The van der Waals surface area contributed by atoms with Crippen molar-refractivity contribution in [2.45, 2.75) is 39.9 Å². The summed E-state index contributed by atoms with van der Waals surface area (Å²) in [4.78, 5) is 15.8. The van der Waals surface area contributed by atoms with Crippen molar-refractivity contribution in [2.24, 2.45) is 5.41 Å². The topological polar surface area (TPSA) is 23.6 Å². The van der Waals surface area contributed by atoms with Crippen LogP contribution >= 0.6 is 0 Å². The highest BCUT2D eigenvalue weighted by Gasteiger charge is 2.45. The van der Waals surface area contributed by atoms with Gasteiger partial charge in [0.25, 0.3) is 0 Å². The molecule has 3 heteroatoms. The molecule has 3 nitrogen and oxygen atoms in total. The summed E-state index contributed by atoms with van der Waals surface area (Å²) >= 11 is 0. The highest BCUT2D eigenvalue weighted by molar-refractivity contribution is 5.84. The second-order valence-corrected chi connectivity index (χ2v) is 5.02. The Kier molecular flexibility index (Phi) is 2.41. The second kappa shape index (κ2) is 2.98. The third-order valence-electron chi connectivity index (χ3n) is 2.96. The average Bonchev–Trinajstić information content (AvgIpc) is 2.14. The third-order valence-corrected chi connectivity index (χ3v) is 2.96. The Morgan fingerprint density at radius 1 is 1.23 bits per heavy atom. The number of carbonyl (C=O) groups is 1. The molecule has 0 bridgehead atoms. The Bertz CT molecular complexity index is 219. The van der Waals surface area contributed by atoms with Gasteiger partial charge in [-0.2, -0.15) is 0 Å². The van der Waals surface area contributed by atoms with Gasteiger partial charge in [0.05, 0.1) is 12.2 Å². The zero-order valence-electron chi connectivity index (χ0n) is 9.46. The number of rotatable bonds is 0. The summed E-state index contributed by atoms with van der Waals surface area (Å²) in [5.74, 6) is 0.238. The molecule has 0 N–H and O–H groups in total. The van der Waals surface area contributed by atoms with Gasteiger partial charge in [-0.15, -0.1) is 0 Å². The number of nitrogens with zero attached hydrogens (tertiary/aromatic N) is 2. The molecule has 1 rings (SSSR count). The van der Waals surface area contributed by atoms with E-state index in [1.807, 2.05) is 19.0 Å². The molecule has 1 fully saturated rings. The summed E-state index contributed by atoms with van der Waals surface area (Å²) in [6.45, 7) is 8.39. The van der Waals surface area contributed by atoms with Crippen molar-refractivity contribution >= 4 is 5.91 Å². The van der Waals surface area contributed by atoms with Crippen LogP contribution in [0.3, 0.4) is 0 Å². The quantitative estimate of drug-likeness (QED) is 0.564. The van der Waals surface area contributed by atoms with Crippen molar-refractivity contribution in [1.29, 1.82) is 0 Å². The van der Waals surface area contributed by atoms with Gasteiger partial charge in [-0.05, 0) is 19.4 Å². The first-order valence-corrected chi connectivity index (χ1v) is 4.75. The molecular weight excluding hydrogens is 164 g/mol. The van der Waals surface area contributed by atoms with Gasteiger partial charge in [0, 0.05) is 7.05 Å². The first kappa shape index (κ1) is 10.5. The van der Waals surface area contributed by atoms with Gasteiger partial charge in [-0.1, -0.05) is 20.8 Å². The predicted molar refractivity (Wildman–Crippen MR) is 53.2 cm³/mol. The van der Waals surface area contributed by atoms with Gasteiger partial charge in [0.15, 0.2) is 0 Å². The van der Waals surface area contributed by atoms with Crippen molar-refractivity contribution < 1.29 is 4.79 Å². The molecular formula is C10H20N2O. The summed E-state index contributed by atoms with van der Waals surface area (Å²) in [5.41, 5.74) is 0.0187. The van der Waals surface area contributed by atoms with Gasteiger partial charge in [0.2, 0.25) is 5.91 Å². The summed E-state index contributed by atoms with van der Waals surface area (Å²) < 4.78 is 0. The Balaban J connectivity index is 2.95. The van der Waals surface area contributed by atoms with E-state index in [1.54, 1.807) is 0 Å². The molecule has 2 atom stereocenters. The van der Waals surface area contributed by atoms with Gasteiger partial charge in [-0.25, -0.2) is 0 Å². The van der Waals surface area contributed by atoms with E-state index in [4.69, 9.17) is 0 Å². The average molecular weight is 184 g/mol. The Hall–Kier alpha value is -0.570. The maximum Gasteiger partial charge on any atom is 0.241 e. The minimum atomic E-state index is 0.0187. The van der Waals surface area contributed by atoms with E-state index >= 15 is 0 Å². The lowest BCUT2D eigenvalue weighted by molar-refractivity contribution is -0.130. The maximum atomic E-state index is 11.9. The molecule has 13 heavy (non-hydrogen) atoms. The minimum Gasteiger partial charge on any atom is -0.329 e. The fourth-order valence-corrected chi connectivity index (χ4v) is 2.02. The SMILES string of the molecule is CC1N(C)C(=O)C(C(C)(C)C)N1C. The minimum absolute atomic E-state index is 0.0187.